The van der Waals surface area contributed by atoms with Crippen LogP contribution in [0.25, 0.3) is 0 Å². The van der Waals surface area contributed by atoms with Gasteiger partial charge in [0, 0.05) is 11.6 Å². The Morgan fingerprint density at radius 3 is 2.38 bits per heavy atom. The average Bonchev–Trinajstić information content (AvgIpc) is 2.20. The maximum atomic E-state index is 13.4. The molecule has 0 aliphatic heterocycles. The normalized spacial score (nSPS) is 10.9. The van der Waals surface area contributed by atoms with Gasteiger partial charge in [-0.1, -0.05) is 27.7 Å². The van der Waals surface area contributed by atoms with Crippen LogP contribution in [0.3, 0.4) is 0 Å². The van der Waals surface area contributed by atoms with Crippen LogP contribution < -0.4 is 5.32 Å². The van der Waals surface area contributed by atoms with Crippen LogP contribution in [0, 0.1) is 11.7 Å². The summed E-state index contributed by atoms with van der Waals surface area (Å²) in [5, 5.41) is 2.76. The lowest BCUT2D eigenvalue weighted by Gasteiger charge is -2.12. The summed E-state index contributed by atoms with van der Waals surface area (Å²) in [6, 6.07) is 4.67. The molecule has 0 spiro atoms. The first kappa shape index (κ1) is 12.7. The lowest BCUT2D eigenvalue weighted by atomic mass is 10.0. The van der Waals surface area contributed by atoms with Gasteiger partial charge < -0.3 is 5.32 Å². The molecule has 0 aliphatic carbocycles. The van der Waals surface area contributed by atoms with Gasteiger partial charge in [0.05, 0.1) is 0 Å². The van der Waals surface area contributed by atoms with Gasteiger partial charge in [-0.3, -0.25) is 4.79 Å². The molecule has 1 rings (SSSR count). The summed E-state index contributed by atoms with van der Waals surface area (Å²) in [6.45, 7) is 7.49. The molecule has 3 heteroatoms. The molecule has 1 aromatic rings. The molecule has 1 aromatic carbocycles. The number of carbonyl (C=O) groups is 1. The minimum atomic E-state index is -0.224. The molecule has 0 heterocycles. The number of rotatable bonds is 3. The average molecular weight is 223 g/mol. The van der Waals surface area contributed by atoms with Gasteiger partial charge in [-0.05, 0) is 29.7 Å². The number of hydrogen-bond donors (Lipinski definition) is 1. The van der Waals surface area contributed by atoms with Crippen LogP contribution in [0.1, 0.15) is 39.2 Å². The van der Waals surface area contributed by atoms with Crippen LogP contribution in [0.15, 0.2) is 18.2 Å². The SMILES string of the molecule is CC(C)C(=O)Nc1ccc(F)c(C(C)C)c1. The molecule has 0 bridgehead atoms. The Morgan fingerprint density at radius 2 is 1.88 bits per heavy atom. The summed E-state index contributed by atoms with van der Waals surface area (Å²) < 4.78 is 13.4. The summed E-state index contributed by atoms with van der Waals surface area (Å²) in [7, 11) is 0. The molecule has 0 unspecified atom stereocenters. The molecule has 0 atom stereocenters. The van der Waals surface area contributed by atoms with Crippen LogP contribution in [-0.4, -0.2) is 5.91 Å². The minimum absolute atomic E-state index is 0.0543. The lowest BCUT2D eigenvalue weighted by molar-refractivity contribution is -0.118. The largest absolute Gasteiger partial charge is 0.326 e. The van der Waals surface area contributed by atoms with Crippen molar-refractivity contribution in [2.45, 2.75) is 33.6 Å². The van der Waals surface area contributed by atoms with Crippen molar-refractivity contribution in [3.63, 3.8) is 0 Å². The predicted octanol–water partition coefficient (Wildman–Crippen LogP) is 3.54. The number of benzene rings is 1. The maximum Gasteiger partial charge on any atom is 0.226 e. The van der Waals surface area contributed by atoms with E-state index >= 15 is 0 Å². The van der Waals surface area contributed by atoms with E-state index in [1.807, 2.05) is 27.7 Å². The molecule has 0 fully saturated rings. The Bertz CT molecular complexity index is 386. The summed E-state index contributed by atoms with van der Waals surface area (Å²) in [5.74, 6) is -0.248. The van der Waals surface area contributed by atoms with Gasteiger partial charge in [-0.15, -0.1) is 0 Å². The second kappa shape index (κ2) is 5.10. The molecule has 16 heavy (non-hydrogen) atoms. The second-order valence-electron chi connectivity index (χ2n) is 4.53. The molecule has 1 N–H and O–H groups in total. The number of carbonyl (C=O) groups excluding carboxylic acids is 1. The highest BCUT2D eigenvalue weighted by molar-refractivity contribution is 5.92. The van der Waals surface area contributed by atoms with Gasteiger partial charge in [0.2, 0.25) is 5.91 Å². The summed E-state index contributed by atoms with van der Waals surface area (Å²) in [4.78, 5) is 11.5. The summed E-state index contributed by atoms with van der Waals surface area (Å²) >= 11 is 0. The Balaban J connectivity index is 2.91. The Morgan fingerprint density at radius 1 is 1.25 bits per heavy atom. The first-order valence-corrected chi connectivity index (χ1v) is 5.52. The van der Waals surface area contributed by atoms with E-state index in [1.54, 1.807) is 12.1 Å². The molecule has 0 aliphatic rings. The monoisotopic (exact) mass is 223 g/mol. The third kappa shape index (κ3) is 3.05. The van der Waals surface area contributed by atoms with Crippen molar-refractivity contribution in [1.29, 1.82) is 0 Å². The van der Waals surface area contributed by atoms with Gasteiger partial charge in [-0.25, -0.2) is 4.39 Å². The summed E-state index contributed by atoms with van der Waals surface area (Å²) in [5.41, 5.74) is 1.28. The van der Waals surface area contributed by atoms with E-state index < -0.39 is 0 Å². The molecular weight excluding hydrogens is 205 g/mol. The van der Waals surface area contributed by atoms with Gasteiger partial charge in [0.1, 0.15) is 5.82 Å². The second-order valence-corrected chi connectivity index (χ2v) is 4.53. The van der Waals surface area contributed by atoms with Crippen molar-refractivity contribution in [2.75, 3.05) is 5.32 Å². The highest BCUT2D eigenvalue weighted by Crippen LogP contribution is 2.22. The zero-order chi connectivity index (χ0) is 12.3. The van der Waals surface area contributed by atoms with Crippen LogP contribution in [0.2, 0.25) is 0 Å². The van der Waals surface area contributed by atoms with E-state index in [2.05, 4.69) is 5.32 Å². The van der Waals surface area contributed by atoms with E-state index in [4.69, 9.17) is 0 Å². The van der Waals surface area contributed by atoms with E-state index in [9.17, 15) is 9.18 Å². The van der Waals surface area contributed by atoms with E-state index in [1.165, 1.54) is 6.07 Å². The predicted molar refractivity (Wildman–Crippen MR) is 64.0 cm³/mol. The highest BCUT2D eigenvalue weighted by atomic mass is 19.1. The van der Waals surface area contributed by atoms with Crippen LogP contribution in [0.5, 0.6) is 0 Å². The molecular formula is C13H18FNO. The fourth-order valence-electron chi connectivity index (χ4n) is 1.35. The minimum Gasteiger partial charge on any atom is -0.326 e. The highest BCUT2D eigenvalue weighted by Gasteiger charge is 2.10. The van der Waals surface area contributed by atoms with Crippen molar-refractivity contribution >= 4 is 11.6 Å². The zero-order valence-electron chi connectivity index (χ0n) is 10.2. The Labute approximate surface area is 95.9 Å². The third-order valence-corrected chi connectivity index (χ3v) is 2.41. The molecule has 0 radical (unpaired) electrons. The molecule has 0 saturated carbocycles. The number of halogens is 1. The first-order chi connectivity index (χ1) is 7.41. The Kier molecular flexibility index (Phi) is 4.05. The fraction of sp³-hybridized carbons (Fsp3) is 0.462. The van der Waals surface area contributed by atoms with Crippen molar-refractivity contribution in [3.05, 3.63) is 29.6 Å². The molecule has 2 nitrogen and oxygen atoms in total. The quantitative estimate of drug-likeness (QED) is 0.834. The topological polar surface area (TPSA) is 29.1 Å². The van der Waals surface area contributed by atoms with Crippen LogP contribution >= 0.6 is 0 Å². The first-order valence-electron chi connectivity index (χ1n) is 5.52. The smallest absolute Gasteiger partial charge is 0.226 e. The van der Waals surface area contributed by atoms with Gasteiger partial charge in [0.25, 0.3) is 0 Å². The molecule has 0 aromatic heterocycles. The van der Waals surface area contributed by atoms with E-state index in [0.717, 1.165) is 0 Å². The van der Waals surface area contributed by atoms with Crippen molar-refractivity contribution in [3.8, 4) is 0 Å². The van der Waals surface area contributed by atoms with Gasteiger partial charge in [-0.2, -0.15) is 0 Å². The fourth-order valence-corrected chi connectivity index (χ4v) is 1.35. The lowest BCUT2D eigenvalue weighted by Crippen LogP contribution is -2.17. The van der Waals surface area contributed by atoms with Crippen molar-refractivity contribution in [1.82, 2.24) is 0 Å². The number of amides is 1. The van der Waals surface area contributed by atoms with Crippen LogP contribution in [-0.2, 0) is 4.79 Å². The number of nitrogens with one attached hydrogen (secondary N) is 1. The van der Waals surface area contributed by atoms with Gasteiger partial charge in [0.15, 0.2) is 0 Å². The van der Waals surface area contributed by atoms with Crippen LogP contribution in [0.4, 0.5) is 10.1 Å². The van der Waals surface area contributed by atoms with E-state index in [0.29, 0.717) is 11.3 Å². The number of hydrogen-bond acceptors (Lipinski definition) is 1. The third-order valence-electron chi connectivity index (χ3n) is 2.41. The standard InChI is InChI=1S/C13H18FNO/c1-8(2)11-7-10(5-6-12(11)14)15-13(16)9(3)4/h5-9H,1-4H3,(H,15,16). The van der Waals surface area contributed by atoms with Crippen molar-refractivity contribution < 1.29 is 9.18 Å². The zero-order valence-corrected chi connectivity index (χ0v) is 10.2. The summed E-state index contributed by atoms with van der Waals surface area (Å²) in [6.07, 6.45) is 0. The molecule has 0 saturated heterocycles. The molecule has 88 valence electrons. The van der Waals surface area contributed by atoms with E-state index in [-0.39, 0.29) is 23.6 Å². The van der Waals surface area contributed by atoms with Gasteiger partial charge >= 0.3 is 0 Å². The maximum absolute atomic E-state index is 13.4. The molecule has 1 amide bonds. The van der Waals surface area contributed by atoms with Crippen molar-refractivity contribution in [2.24, 2.45) is 5.92 Å². The number of anilines is 1. The Hall–Kier alpha value is -1.38.